The summed E-state index contributed by atoms with van der Waals surface area (Å²) in [5, 5.41) is 1.96. The smallest absolute Gasteiger partial charge is 0.254 e. The minimum atomic E-state index is 0.168. The Hall–Kier alpha value is -0.140. The van der Waals surface area contributed by atoms with Crippen LogP contribution in [-0.2, 0) is 0 Å². The summed E-state index contributed by atoms with van der Waals surface area (Å²) >= 11 is 3.89. The van der Waals surface area contributed by atoms with Gasteiger partial charge in [-0.2, -0.15) is 0 Å². The van der Waals surface area contributed by atoms with E-state index >= 15 is 0 Å². The molecule has 1 aromatic rings. The van der Waals surface area contributed by atoms with Crippen LogP contribution in [0.1, 0.15) is 37.6 Å². The van der Waals surface area contributed by atoms with Crippen LogP contribution in [0, 0.1) is 2.88 Å². The maximum absolute atomic E-state index is 12.3. The summed E-state index contributed by atoms with van der Waals surface area (Å²) in [6.07, 6.45) is 1.04. The lowest BCUT2D eigenvalue weighted by atomic mass is 10.2. The van der Waals surface area contributed by atoms with Gasteiger partial charge in [-0.25, -0.2) is 0 Å². The van der Waals surface area contributed by atoms with Gasteiger partial charge in [0, 0.05) is 18.5 Å². The number of carbonyl (C=O) groups is 1. The number of hydrogen-bond donors (Lipinski definition) is 0. The zero-order chi connectivity index (χ0) is 14.3. The lowest BCUT2D eigenvalue weighted by Gasteiger charge is -2.23. The van der Waals surface area contributed by atoms with E-state index in [-0.39, 0.29) is 5.91 Å². The predicted octanol–water partition coefficient (Wildman–Crippen LogP) is 3.55. The molecule has 1 aromatic heterocycles. The van der Waals surface area contributed by atoms with E-state index in [1.807, 2.05) is 23.3 Å². The highest BCUT2D eigenvalue weighted by molar-refractivity contribution is 14.1. The maximum atomic E-state index is 12.3. The zero-order valence-corrected chi connectivity index (χ0v) is 15.0. The molecule has 1 rings (SSSR count). The van der Waals surface area contributed by atoms with Crippen LogP contribution in [0.25, 0.3) is 0 Å². The van der Waals surface area contributed by atoms with E-state index in [2.05, 4.69) is 41.3 Å². The first-order valence-corrected chi connectivity index (χ1v) is 8.83. The van der Waals surface area contributed by atoms with Crippen molar-refractivity contribution in [2.24, 2.45) is 0 Å². The summed E-state index contributed by atoms with van der Waals surface area (Å²) in [6, 6.07) is 1.97. The molecule has 0 radical (unpaired) electrons. The van der Waals surface area contributed by atoms with Crippen molar-refractivity contribution in [1.29, 1.82) is 0 Å². The number of amides is 1. The van der Waals surface area contributed by atoms with Crippen molar-refractivity contribution in [1.82, 2.24) is 9.80 Å². The molecule has 0 saturated carbocycles. The van der Waals surface area contributed by atoms with Crippen molar-refractivity contribution in [3.05, 3.63) is 19.9 Å². The van der Waals surface area contributed by atoms with Crippen LogP contribution in [0.3, 0.4) is 0 Å². The third-order valence-corrected chi connectivity index (χ3v) is 5.07. The fourth-order valence-corrected chi connectivity index (χ4v) is 3.35. The highest BCUT2D eigenvalue weighted by Crippen LogP contribution is 2.18. The molecule has 0 aliphatic carbocycles. The predicted molar refractivity (Wildman–Crippen MR) is 91.0 cm³/mol. The Labute approximate surface area is 134 Å². The highest BCUT2D eigenvalue weighted by atomic mass is 127. The molecule has 0 atom stereocenters. The van der Waals surface area contributed by atoms with Gasteiger partial charge in [-0.3, -0.25) is 4.79 Å². The molecule has 1 amide bonds. The molecular weight excluding hydrogens is 371 g/mol. The summed E-state index contributed by atoms with van der Waals surface area (Å²) in [5.41, 5.74) is 0.832. The molecular formula is C14H23IN2OS. The van der Waals surface area contributed by atoms with Gasteiger partial charge in [-0.1, -0.05) is 13.8 Å². The molecule has 3 nitrogen and oxygen atoms in total. The number of rotatable bonds is 8. The van der Waals surface area contributed by atoms with Gasteiger partial charge >= 0.3 is 0 Å². The third-order valence-electron chi connectivity index (χ3n) is 3.28. The lowest BCUT2D eigenvalue weighted by Crippen LogP contribution is -2.34. The second-order valence-corrected chi connectivity index (χ2v) is 7.21. The molecule has 1 heterocycles. The van der Waals surface area contributed by atoms with Crippen LogP contribution in [0.5, 0.6) is 0 Å². The van der Waals surface area contributed by atoms with E-state index in [4.69, 9.17) is 0 Å². The van der Waals surface area contributed by atoms with E-state index in [1.54, 1.807) is 11.3 Å². The van der Waals surface area contributed by atoms with Crippen LogP contribution in [-0.4, -0.2) is 48.4 Å². The zero-order valence-electron chi connectivity index (χ0n) is 12.0. The van der Waals surface area contributed by atoms with Crippen LogP contribution in [0.2, 0.25) is 0 Å². The topological polar surface area (TPSA) is 23.6 Å². The van der Waals surface area contributed by atoms with E-state index in [0.717, 1.165) is 44.7 Å². The monoisotopic (exact) mass is 394 g/mol. The van der Waals surface area contributed by atoms with Crippen molar-refractivity contribution in [3.8, 4) is 0 Å². The van der Waals surface area contributed by atoms with Gasteiger partial charge in [0.25, 0.3) is 5.91 Å². The minimum absolute atomic E-state index is 0.168. The van der Waals surface area contributed by atoms with Crippen molar-refractivity contribution >= 4 is 39.8 Å². The number of hydrogen-bond acceptors (Lipinski definition) is 3. The Morgan fingerprint density at radius 1 is 1.21 bits per heavy atom. The molecule has 0 aliphatic heterocycles. The standard InChI is InChI=1S/C14H23IN2OS/c1-4-16(5-2)8-7-9-17(6-3)14(18)12-10-13(15)19-11-12/h10-11H,4-9H2,1-3H3. The van der Waals surface area contributed by atoms with E-state index in [1.165, 1.54) is 2.88 Å². The molecule has 0 N–H and O–H groups in total. The highest BCUT2D eigenvalue weighted by Gasteiger charge is 2.15. The van der Waals surface area contributed by atoms with Crippen molar-refractivity contribution in [3.63, 3.8) is 0 Å². The van der Waals surface area contributed by atoms with Gasteiger partial charge in [0.2, 0.25) is 0 Å². The quantitative estimate of drug-likeness (QED) is 0.630. The molecule has 0 aromatic carbocycles. The Morgan fingerprint density at radius 2 is 1.89 bits per heavy atom. The number of carbonyl (C=O) groups excluding carboxylic acids is 1. The minimum Gasteiger partial charge on any atom is -0.339 e. The van der Waals surface area contributed by atoms with Gasteiger partial charge in [0.1, 0.15) is 0 Å². The average molecular weight is 394 g/mol. The fourth-order valence-electron chi connectivity index (χ4n) is 2.03. The van der Waals surface area contributed by atoms with E-state index < -0.39 is 0 Å². The third kappa shape index (κ3) is 5.39. The molecule has 0 saturated heterocycles. The number of thiophene rings is 1. The summed E-state index contributed by atoms with van der Waals surface area (Å²) < 4.78 is 1.17. The molecule has 0 aliphatic rings. The normalized spacial score (nSPS) is 11.0. The summed E-state index contributed by atoms with van der Waals surface area (Å²) in [6.45, 7) is 11.3. The summed E-state index contributed by atoms with van der Waals surface area (Å²) in [7, 11) is 0. The molecule has 5 heteroatoms. The first kappa shape index (κ1) is 16.9. The van der Waals surface area contributed by atoms with E-state index in [0.29, 0.717) is 0 Å². The Bertz CT molecular complexity index is 391. The summed E-state index contributed by atoms with van der Waals surface area (Å²) in [5.74, 6) is 0.168. The first-order valence-electron chi connectivity index (χ1n) is 6.88. The second-order valence-electron chi connectivity index (χ2n) is 4.40. The molecule has 0 unspecified atom stereocenters. The van der Waals surface area contributed by atoms with Crippen LogP contribution < -0.4 is 0 Å². The molecule has 19 heavy (non-hydrogen) atoms. The van der Waals surface area contributed by atoms with Gasteiger partial charge in [-0.05, 0) is 61.6 Å². The SMILES string of the molecule is CCN(CC)CCCN(CC)C(=O)c1csc(I)c1. The second kappa shape index (κ2) is 8.92. The number of nitrogens with zero attached hydrogens (tertiary/aromatic N) is 2. The van der Waals surface area contributed by atoms with Gasteiger partial charge < -0.3 is 9.80 Å². The molecule has 0 fully saturated rings. The van der Waals surface area contributed by atoms with Gasteiger partial charge in [-0.15, -0.1) is 11.3 Å². The van der Waals surface area contributed by atoms with Crippen LogP contribution >= 0.6 is 33.9 Å². The molecule has 0 spiro atoms. The average Bonchev–Trinajstić information content (AvgIpc) is 2.85. The van der Waals surface area contributed by atoms with Crippen molar-refractivity contribution in [2.45, 2.75) is 27.2 Å². The van der Waals surface area contributed by atoms with Gasteiger partial charge in [0.15, 0.2) is 0 Å². The Kier molecular flexibility index (Phi) is 7.94. The van der Waals surface area contributed by atoms with Crippen LogP contribution in [0.15, 0.2) is 11.4 Å². The largest absolute Gasteiger partial charge is 0.339 e. The fraction of sp³-hybridized carbons (Fsp3) is 0.643. The molecule has 108 valence electrons. The van der Waals surface area contributed by atoms with E-state index in [9.17, 15) is 4.79 Å². The molecule has 0 bridgehead atoms. The Morgan fingerprint density at radius 3 is 2.37 bits per heavy atom. The number of halogens is 1. The van der Waals surface area contributed by atoms with Crippen molar-refractivity contribution < 1.29 is 4.79 Å². The Balaban J connectivity index is 2.47. The van der Waals surface area contributed by atoms with Gasteiger partial charge in [0.05, 0.1) is 8.45 Å². The maximum Gasteiger partial charge on any atom is 0.254 e. The van der Waals surface area contributed by atoms with Crippen molar-refractivity contribution in [2.75, 3.05) is 32.7 Å². The van der Waals surface area contributed by atoms with Crippen LogP contribution in [0.4, 0.5) is 0 Å². The first-order chi connectivity index (χ1) is 9.12. The summed E-state index contributed by atoms with van der Waals surface area (Å²) in [4.78, 5) is 16.7. The lowest BCUT2D eigenvalue weighted by molar-refractivity contribution is 0.0758.